The van der Waals surface area contributed by atoms with Crippen molar-refractivity contribution in [3.63, 3.8) is 0 Å². The lowest BCUT2D eigenvalue weighted by molar-refractivity contribution is -0.123. The van der Waals surface area contributed by atoms with Gasteiger partial charge in [0.2, 0.25) is 0 Å². The number of carbonyl (C=O) groups is 3. The van der Waals surface area contributed by atoms with E-state index in [1.54, 1.807) is 42.5 Å². The Kier molecular flexibility index (Phi) is 10.2. The minimum absolute atomic E-state index is 0.00585. The van der Waals surface area contributed by atoms with Crippen molar-refractivity contribution < 1.29 is 28.6 Å². The molecule has 0 aliphatic heterocycles. The summed E-state index contributed by atoms with van der Waals surface area (Å²) in [6.07, 6.45) is 1.25. The number of hydrogen-bond acceptors (Lipinski definition) is 7. The Balaban J connectivity index is 1.49. The van der Waals surface area contributed by atoms with E-state index in [1.165, 1.54) is 48.7 Å². The molecule has 0 aromatic heterocycles. The van der Waals surface area contributed by atoms with Gasteiger partial charge in [-0.1, -0.05) is 52.5 Å². The van der Waals surface area contributed by atoms with E-state index in [1.807, 2.05) is 0 Å². The minimum Gasteiger partial charge on any atom is -0.482 e. The van der Waals surface area contributed by atoms with Gasteiger partial charge in [-0.3, -0.25) is 4.79 Å². The number of amides is 1. The van der Waals surface area contributed by atoms with Crippen molar-refractivity contribution >= 4 is 70.5 Å². The Hall–Kier alpha value is -4.08. The van der Waals surface area contributed by atoms with Gasteiger partial charge in [0.25, 0.3) is 5.91 Å². The van der Waals surface area contributed by atoms with Gasteiger partial charge in [-0.05, 0) is 72.8 Å². The molecule has 1 N–H and O–H groups in total. The molecule has 208 valence electrons. The molecule has 0 aliphatic rings. The molecule has 0 spiro atoms. The average molecular weight is 632 g/mol. The van der Waals surface area contributed by atoms with Crippen LogP contribution in [0.3, 0.4) is 0 Å². The molecule has 41 heavy (non-hydrogen) atoms. The van der Waals surface area contributed by atoms with Gasteiger partial charge in [-0.2, -0.15) is 5.10 Å². The van der Waals surface area contributed by atoms with Gasteiger partial charge in [0.15, 0.2) is 6.61 Å². The van der Waals surface area contributed by atoms with Gasteiger partial charge >= 0.3 is 11.9 Å². The van der Waals surface area contributed by atoms with Crippen LogP contribution in [0.4, 0.5) is 0 Å². The molecule has 1 amide bonds. The summed E-state index contributed by atoms with van der Waals surface area (Å²) in [6, 6.07) is 21.3. The van der Waals surface area contributed by atoms with Gasteiger partial charge in [0.05, 0.1) is 22.4 Å². The van der Waals surface area contributed by atoms with Crippen LogP contribution in [-0.2, 0) is 4.79 Å². The largest absolute Gasteiger partial charge is 0.482 e. The summed E-state index contributed by atoms with van der Waals surface area (Å²) in [5.74, 6) is -1.61. The van der Waals surface area contributed by atoms with E-state index in [-0.39, 0.29) is 44.0 Å². The number of nitrogens with zero attached hydrogens (tertiary/aromatic N) is 1. The summed E-state index contributed by atoms with van der Waals surface area (Å²) in [6.45, 7) is -0.393. The second-order valence-corrected chi connectivity index (χ2v) is 9.78. The third kappa shape index (κ3) is 8.45. The molecule has 12 heteroatoms. The quantitative estimate of drug-likeness (QED) is 0.0902. The Morgan fingerprint density at radius 2 is 1.34 bits per heavy atom. The Morgan fingerprint density at radius 1 is 0.732 bits per heavy atom. The summed E-state index contributed by atoms with van der Waals surface area (Å²) in [7, 11) is 0. The molecule has 0 radical (unpaired) electrons. The topological polar surface area (TPSA) is 103 Å². The van der Waals surface area contributed by atoms with Crippen molar-refractivity contribution in [2.45, 2.75) is 0 Å². The van der Waals surface area contributed by atoms with Crippen molar-refractivity contribution in [2.24, 2.45) is 5.10 Å². The zero-order chi connectivity index (χ0) is 29.4. The van der Waals surface area contributed by atoms with E-state index >= 15 is 0 Å². The lowest BCUT2D eigenvalue weighted by atomic mass is 10.2. The zero-order valence-electron chi connectivity index (χ0n) is 20.8. The zero-order valence-corrected chi connectivity index (χ0v) is 23.8. The molecule has 8 nitrogen and oxygen atoms in total. The maximum atomic E-state index is 12.8. The predicted molar refractivity (Wildman–Crippen MR) is 157 cm³/mol. The maximum Gasteiger partial charge on any atom is 0.343 e. The van der Waals surface area contributed by atoms with Crippen LogP contribution in [0.1, 0.15) is 26.3 Å². The van der Waals surface area contributed by atoms with Crippen LogP contribution in [-0.4, -0.2) is 30.7 Å². The summed E-state index contributed by atoms with van der Waals surface area (Å²) in [5, 5.41) is 5.27. The van der Waals surface area contributed by atoms with Gasteiger partial charge in [0, 0.05) is 21.7 Å². The van der Waals surface area contributed by atoms with Gasteiger partial charge in [-0.25, -0.2) is 15.0 Å². The Morgan fingerprint density at radius 3 is 1.98 bits per heavy atom. The number of benzene rings is 4. The van der Waals surface area contributed by atoms with Gasteiger partial charge in [0.1, 0.15) is 22.3 Å². The molecule has 0 atom stereocenters. The highest BCUT2D eigenvalue weighted by Gasteiger charge is 2.15. The maximum absolute atomic E-state index is 12.8. The summed E-state index contributed by atoms with van der Waals surface area (Å²) < 4.78 is 16.4. The lowest BCUT2D eigenvalue weighted by Crippen LogP contribution is -2.24. The number of rotatable bonds is 9. The van der Waals surface area contributed by atoms with Crippen molar-refractivity contribution in [2.75, 3.05) is 6.61 Å². The molecular weight excluding hydrogens is 614 g/mol. The van der Waals surface area contributed by atoms with Gasteiger partial charge < -0.3 is 14.2 Å². The van der Waals surface area contributed by atoms with E-state index < -0.39 is 24.5 Å². The van der Waals surface area contributed by atoms with Crippen LogP contribution in [0.15, 0.2) is 90.0 Å². The SMILES string of the molecule is O=C(COc1cccc(Cl)c1Cl)NN=Cc1ccc(OC(=O)c2ccc(Cl)cc2)cc1OC(=O)c1ccc(Cl)cc1. The van der Waals surface area contributed by atoms with E-state index in [2.05, 4.69) is 10.5 Å². The smallest absolute Gasteiger partial charge is 0.343 e. The van der Waals surface area contributed by atoms with Crippen LogP contribution in [0, 0.1) is 0 Å². The fourth-order valence-corrected chi connectivity index (χ4v) is 3.81. The summed E-state index contributed by atoms with van der Waals surface area (Å²) >= 11 is 23.8. The molecule has 0 aliphatic carbocycles. The fourth-order valence-electron chi connectivity index (χ4n) is 3.21. The number of ether oxygens (including phenoxy) is 3. The fraction of sp³-hybridized carbons (Fsp3) is 0.0345. The van der Waals surface area contributed by atoms with Gasteiger partial charge in [-0.15, -0.1) is 0 Å². The molecular formula is C29H18Cl4N2O6. The molecule has 0 fully saturated rings. The average Bonchev–Trinajstić information content (AvgIpc) is 2.95. The highest BCUT2D eigenvalue weighted by Crippen LogP contribution is 2.31. The number of nitrogens with one attached hydrogen (secondary N) is 1. The number of hydrazone groups is 1. The second-order valence-electron chi connectivity index (χ2n) is 8.13. The van der Waals surface area contributed by atoms with Crippen LogP contribution < -0.4 is 19.6 Å². The van der Waals surface area contributed by atoms with Crippen molar-refractivity contribution in [3.8, 4) is 17.2 Å². The first-order chi connectivity index (χ1) is 19.7. The van der Waals surface area contributed by atoms with Crippen LogP contribution in [0.5, 0.6) is 17.2 Å². The van der Waals surface area contributed by atoms with Crippen LogP contribution >= 0.6 is 46.4 Å². The normalized spacial score (nSPS) is 10.7. The standard InChI is InChI=1S/C29H18Cl4N2O6/c30-20-9-4-17(5-10-20)28(37)40-22-13-8-19(25(14-22)41-29(38)18-6-11-21(31)12-7-18)15-34-35-26(36)16-39-24-3-1-2-23(32)27(24)33/h1-15H,16H2,(H,35,36). The molecule has 4 aromatic rings. The van der Waals surface area contributed by atoms with Crippen molar-refractivity contribution in [3.05, 3.63) is 122 Å². The summed E-state index contributed by atoms with van der Waals surface area (Å²) in [5.41, 5.74) is 3.09. The lowest BCUT2D eigenvalue weighted by Gasteiger charge is -2.11. The molecule has 4 aromatic carbocycles. The summed E-state index contributed by atoms with van der Waals surface area (Å²) in [4.78, 5) is 37.6. The highest BCUT2D eigenvalue weighted by atomic mass is 35.5. The van der Waals surface area contributed by atoms with E-state index in [0.717, 1.165) is 0 Å². The number of halogens is 4. The number of carbonyl (C=O) groups excluding carboxylic acids is 3. The second kappa shape index (κ2) is 14.0. The highest BCUT2D eigenvalue weighted by molar-refractivity contribution is 6.42. The minimum atomic E-state index is -0.701. The first kappa shape index (κ1) is 29.9. The van der Waals surface area contributed by atoms with Crippen molar-refractivity contribution in [1.82, 2.24) is 5.43 Å². The van der Waals surface area contributed by atoms with Crippen molar-refractivity contribution in [1.29, 1.82) is 0 Å². The number of esters is 2. The van der Waals surface area contributed by atoms with Crippen LogP contribution in [0.25, 0.3) is 0 Å². The third-order valence-electron chi connectivity index (χ3n) is 5.23. The Labute approximate surface area is 254 Å². The molecule has 0 heterocycles. The van der Waals surface area contributed by atoms with E-state index in [0.29, 0.717) is 10.0 Å². The monoisotopic (exact) mass is 630 g/mol. The molecule has 0 unspecified atom stereocenters. The first-order valence-corrected chi connectivity index (χ1v) is 13.2. The molecule has 4 rings (SSSR count). The van der Waals surface area contributed by atoms with Crippen LogP contribution in [0.2, 0.25) is 20.1 Å². The Bertz CT molecular complexity index is 1610. The number of hydrogen-bond donors (Lipinski definition) is 1. The third-order valence-corrected chi connectivity index (χ3v) is 6.53. The first-order valence-electron chi connectivity index (χ1n) is 11.7. The molecule has 0 saturated carbocycles. The van der Waals surface area contributed by atoms with E-state index in [9.17, 15) is 14.4 Å². The predicted octanol–water partition coefficient (Wildman–Crippen LogP) is 7.27. The van der Waals surface area contributed by atoms with E-state index in [4.69, 9.17) is 60.6 Å². The molecule has 0 bridgehead atoms. The molecule has 0 saturated heterocycles.